The Bertz CT molecular complexity index is 320. The van der Waals surface area contributed by atoms with Gasteiger partial charge in [0.25, 0.3) is 0 Å². The van der Waals surface area contributed by atoms with Gasteiger partial charge >= 0.3 is 0 Å². The lowest BCUT2D eigenvalue weighted by Gasteiger charge is -2.21. The molecule has 78 valence electrons. The Kier molecular flexibility index (Phi) is 3.39. The summed E-state index contributed by atoms with van der Waals surface area (Å²) < 4.78 is 5.36. The maximum absolute atomic E-state index is 5.36. The quantitative estimate of drug-likeness (QED) is 0.732. The van der Waals surface area contributed by atoms with E-state index < -0.39 is 0 Å². The molecule has 0 spiro atoms. The van der Waals surface area contributed by atoms with Crippen molar-refractivity contribution in [3.05, 3.63) is 23.3 Å². The molecule has 0 saturated carbocycles. The van der Waals surface area contributed by atoms with Crippen LogP contribution in [0.25, 0.3) is 0 Å². The second-order valence-corrected chi connectivity index (χ2v) is 3.62. The third-order valence-electron chi connectivity index (χ3n) is 2.68. The fourth-order valence-corrected chi connectivity index (χ4v) is 1.41. The Hall–Kier alpha value is -1.18. The zero-order valence-electron chi connectivity index (χ0n) is 9.72. The molecule has 1 rings (SSSR count). The van der Waals surface area contributed by atoms with Gasteiger partial charge in [-0.25, -0.2) is 0 Å². The van der Waals surface area contributed by atoms with Gasteiger partial charge in [0.1, 0.15) is 5.75 Å². The first-order valence-corrected chi connectivity index (χ1v) is 4.96. The van der Waals surface area contributed by atoms with Crippen molar-refractivity contribution in [1.82, 2.24) is 0 Å². The smallest absolute Gasteiger partial charge is 0.142 e. The number of ether oxygens (including phenoxy) is 1. The van der Waals surface area contributed by atoms with Gasteiger partial charge in [-0.15, -0.1) is 0 Å². The minimum absolute atomic E-state index is 0.956. The van der Waals surface area contributed by atoms with E-state index in [0.29, 0.717) is 0 Å². The van der Waals surface area contributed by atoms with Crippen molar-refractivity contribution in [2.75, 3.05) is 25.6 Å². The summed E-state index contributed by atoms with van der Waals surface area (Å²) in [7, 11) is 3.80. The van der Waals surface area contributed by atoms with Crippen molar-refractivity contribution < 1.29 is 4.74 Å². The molecule has 1 aromatic carbocycles. The van der Waals surface area contributed by atoms with Crippen LogP contribution in [0.15, 0.2) is 12.1 Å². The summed E-state index contributed by atoms with van der Waals surface area (Å²) in [5.74, 6) is 0.956. The van der Waals surface area contributed by atoms with Crippen LogP contribution < -0.4 is 9.64 Å². The summed E-state index contributed by atoms with van der Waals surface area (Å²) in [4.78, 5) is 2.19. The third-order valence-corrected chi connectivity index (χ3v) is 2.68. The largest absolute Gasteiger partial charge is 0.495 e. The monoisotopic (exact) mass is 193 g/mol. The van der Waals surface area contributed by atoms with Crippen molar-refractivity contribution in [3.8, 4) is 5.75 Å². The normalized spacial score (nSPS) is 10.1. The van der Waals surface area contributed by atoms with Gasteiger partial charge in [-0.3, -0.25) is 0 Å². The van der Waals surface area contributed by atoms with Gasteiger partial charge in [0.2, 0.25) is 0 Å². The number of methoxy groups -OCH3 is 1. The molecule has 14 heavy (non-hydrogen) atoms. The van der Waals surface area contributed by atoms with Gasteiger partial charge < -0.3 is 9.64 Å². The Morgan fingerprint density at radius 2 is 1.79 bits per heavy atom. The average molecular weight is 193 g/mol. The highest BCUT2D eigenvalue weighted by Crippen LogP contribution is 2.30. The van der Waals surface area contributed by atoms with Crippen LogP contribution in [0.3, 0.4) is 0 Å². The molecule has 0 bridgehead atoms. The van der Waals surface area contributed by atoms with Crippen LogP contribution in [-0.4, -0.2) is 20.7 Å². The van der Waals surface area contributed by atoms with Crippen LogP contribution in [0, 0.1) is 13.8 Å². The topological polar surface area (TPSA) is 12.5 Å². The SMILES string of the molecule is CCN(C)c1cc(C)c(C)cc1OC. The molecule has 0 N–H and O–H groups in total. The van der Waals surface area contributed by atoms with E-state index in [-0.39, 0.29) is 0 Å². The van der Waals surface area contributed by atoms with Gasteiger partial charge in [0.15, 0.2) is 0 Å². The predicted octanol–water partition coefficient (Wildman–Crippen LogP) is 2.77. The van der Waals surface area contributed by atoms with Crippen molar-refractivity contribution in [1.29, 1.82) is 0 Å². The minimum Gasteiger partial charge on any atom is -0.495 e. The van der Waals surface area contributed by atoms with Crippen LogP contribution in [0.5, 0.6) is 5.75 Å². The fraction of sp³-hybridized carbons (Fsp3) is 0.500. The second-order valence-electron chi connectivity index (χ2n) is 3.62. The second kappa shape index (κ2) is 4.36. The van der Waals surface area contributed by atoms with Crippen molar-refractivity contribution >= 4 is 5.69 Å². The molecule has 1 aromatic rings. The average Bonchev–Trinajstić information content (AvgIpc) is 2.20. The summed E-state index contributed by atoms with van der Waals surface area (Å²) in [6.45, 7) is 7.35. The minimum atomic E-state index is 0.956. The summed E-state index contributed by atoms with van der Waals surface area (Å²) in [5.41, 5.74) is 3.74. The van der Waals surface area contributed by atoms with Crippen LogP contribution in [0.2, 0.25) is 0 Å². The molecule has 0 aliphatic heterocycles. The maximum Gasteiger partial charge on any atom is 0.142 e. The van der Waals surface area contributed by atoms with Crippen molar-refractivity contribution in [3.63, 3.8) is 0 Å². The number of hydrogen-bond donors (Lipinski definition) is 0. The van der Waals surface area contributed by atoms with E-state index in [1.54, 1.807) is 7.11 Å². The number of anilines is 1. The maximum atomic E-state index is 5.36. The van der Waals surface area contributed by atoms with Crippen LogP contribution >= 0.6 is 0 Å². The zero-order valence-corrected chi connectivity index (χ0v) is 9.72. The molecule has 0 aromatic heterocycles. The standard InChI is InChI=1S/C12H19NO/c1-6-13(4)11-7-9(2)10(3)8-12(11)14-5/h7-8H,6H2,1-5H3. The number of hydrogen-bond acceptors (Lipinski definition) is 2. The highest BCUT2D eigenvalue weighted by Gasteiger charge is 2.08. The molecule has 0 radical (unpaired) electrons. The number of nitrogens with zero attached hydrogens (tertiary/aromatic N) is 1. The predicted molar refractivity (Wildman–Crippen MR) is 61.4 cm³/mol. The molecule has 0 aliphatic rings. The van der Waals surface area contributed by atoms with Crippen LogP contribution in [0.1, 0.15) is 18.1 Å². The lowest BCUT2D eigenvalue weighted by molar-refractivity contribution is 0.414. The molecule has 0 atom stereocenters. The van der Waals surface area contributed by atoms with E-state index in [1.165, 1.54) is 11.1 Å². The number of benzene rings is 1. The zero-order chi connectivity index (χ0) is 10.7. The Morgan fingerprint density at radius 3 is 2.29 bits per heavy atom. The first-order chi connectivity index (χ1) is 6.60. The highest BCUT2D eigenvalue weighted by molar-refractivity contribution is 5.61. The first kappa shape index (κ1) is 10.9. The van der Waals surface area contributed by atoms with Crippen molar-refractivity contribution in [2.24, 2.45) is 0 Å². The molecular weight excluding hydrogens is 174 g/mol. The van der Waals surface area contributed by atoms with E-state index in [9.17, 15) is 0 Å². The van der Waals surface area contributed by atoms with E-state index in [4.69, 9.17) is 4.74 Å². The Labute approximate surface area is 86.5 Å². The van der Waals surface area contributed by atoms with Gasteiger partial charge in [0.05, 0.1) is 12.8 Å². The first-order valence-electron chi connectivity index (χ1n) is 4.96. The van der Waals surface area contributed by atoms with Gasteiger partial charge in [-0.05, 0) is 44.0 Å². The Morgan fingerprint density at radius 1 is 1.21 bits per heavy atom. The highest BCUT2D eigenvalue weighted by atomic mass is 16.5. The van der Waals surface area contributed by atoms with Crippen molar-refractivity contribution in [2.45, 2.75) is 20.8 Å². The number of rotatable bonds is 3. The van der Waals surface area contributed by atoms with Crippen LogP contribution in [0.4, 0.5) is 5.69 Å². The lowest BCUT2D eigenvalue weighted by Crippen LogP contribution is -2.16. The summed E-state index contributed by atoms with van der Waals surface area (Å²) in [6, 6.07) is 4.27. The Balaban J connectivity index is 3.19. The molecule has 0 fully saturated rings. The van der Waals surface area contributed by atoms with Gasteiger partial charge in [0, 0.05) is 13.6 Å². The summed E-state index contributed by atoms with van der Waals surface area (Å²) >= 11 is 0. The molecular formula is C12H19NO. The number of aryl methyl sites for hydroxylation is 2. The van der Waals surface area contributed by atoms with Gasteiger partial charge in [-0.2, -0.15) is 0 Å². The molecule has 0 heterocycles. The van der Waals surface area contributed by atoms with Gasteiger partial charge in [-0.1, -0.05) is 0 Å². The van der Waals surface area contributed by atoms with E-state index in [0.717, 1.165) is 18.0 Å². The molecule has 0 amide bonds. The molecule has 0 aliphatic carbocycles. The molecule has 0 unspecified atom stereocenters. The summed E-state index contributed by atoms with van der Waals surface area (Å²) in [6.07, 6.45) is 0. The van der Waals surface area contributed by atoms with E-state index >= 15 is 0 Å². The van der Waals surface area contributed by atoms with E-state index in [2.05, 4.69) is 44.9 Å². The third kappa shape index (κ3) is 2.00. The van der Waals surface area contributed by atoms with Crippen LogP contribution in [-0.2, 0) is 0 Å². The molecule has 2 heteroatoms. The molecule has 0 saturated heterocycles. The lowest BCUT2D eigenvalue weighted by atomic mass is 10.1. The fourth-order valence-electron chi connectivity index (χ4n) is 1.41. The molecule has 2 nitrogen and oxygen atoms in total. The van der Waals surface area contributed by atoms with E-state index in [1.807, 2.05) is 0 Å². The summed E-state index contributed by atoms with van der Waals surface area (Å²) in [5, 5.41) is 0.